The minimum absolute atomic E-state index is 0.431. The minimum atomic E-state index is 0.431. The highest BCUT2D eigenvalue weighted by atomic mass is 15.1. The molecule has 2 atom stereocenters. The van der Waals surface area contributed by atoms with E-state index in [9.17, 15) is 0 Å². The van der Waals surface area contributed by atoms with E-state index in [0.29, 0.717) is 18.0 Å². The Kier molecular flexibility index (Phi) is 5.64. The molecular formula is C13H27N3. The molecule has 1 aliphatic carbocycles. The molecule has 3 N–H and O–H groups in total. The van der Waals surface area contributed by atoms with E-state index in [1.807, 2.05) is 0 Å². The van der Waals surface area contributed by atoms with Crippen LogP contribution in [0.5, 0.6) is 0 Å². The summed E-state index contributed by atoms with van der Waals surface area (Å²) in [7, 11) is 0. The predicted octanol–water partition coefficient (Wildman–Crippen LogP) is 2.66. The van der Waals surface area contributed by atoms with Gasteiger partial charge in [-0.05, 0) is 32.1 Å². The minimum Gasteiger partial charge on any atom is -0.370 e. The Morgan fingerprint density at radius 2 is 2.00 bits per heavy atom. The van der Waals surface area contributed by atoms with Crippen LogP contribution in [-0.2, 0) is 0 Å². The van der Waals surface area contributed by atoms with Crippen molar-refractivity contribution in [1.82, 2.24) is 5.32 Å². The van der Waals surface area contributed by atoms with Crippen molar-refractivity contribution < 1.29 is 0 Å². The lowest BCUT2D eigenvalue weighted by atomic mass is 10.0. The number of nitrogens with one attached hydrogen (secondary N) is 1. The van der Waals surface area contributed by atoms with Crippen molar-refractivity contribution in [2.45, 2.75) is 71.4 Å². The quantitative estimate of drug-likeness (QED) is 0.558. The van der Waals surface area contributed by atoms with E-state index in [1.165, 1.54) is 32.1 Å². The van der Waals surface area contributed by atoms with Gasteiger partial charge in [-0.15, -0.1) is 0 Å². The molecule has 0 aromatic rings. The van der Waals surface area contributed by atoms with Crippen molar-refractivity contribution in [2.75, 3.05) is 0 Å². The molecule has 0 bridgehead atoms. The molecule has 0 spiro atoms. The van der Waals surface area contributed by atoms with Crippen LogP contribution in [0.15, 0.2) is 4.99 Å². The van der Waals surface area contributed by atoms with E-state index < -0.39 is 0 Å². The Hall–Kier alpha value is -0.730. The Bertz CT molecular complexity index is 219. The monoisotopic (exact) mass is 225 g/mol. The van der Waals surface area contributed by atoms with Crippen molar-refractivity contribution in [3.63, 3.8) is 0 Å². The molecule has 94 valence electrons. The van der Waals surface area contributed by atoms with E-state index in [0.717, 1.165) is 12.3 Å². The Balaban J connectivity index is 2.28. The summed E-state index contributed by atoms with van der Waals surface area (Å²) in [5.74, 6) is 1.39. The highest BCUT2D eigenvalue weighted by Crippen LogP contribution is 2.20. The molecular weight excluding hydrogens is 198 g/mol. The van der Waals surface area contributed by atoms with Crippen LogP contribution in [0.25, 0.3) is 0 Å². The molecule has 16 heavy (non-hydrogen) atoms. The van der Waals surface area contributed by atoms with Crippen molar-refractivity contribution >= 4 is 5.96 Å². The largest absolute Gasteiger partial charge is 0.370 e. The average molecular weight is 225 g/mol. The Morgan fingerprint density at radius 1 is 1.38 bits per heavy atom. The lowest BCUT2D eigenvalue weighted by molar-refractivity contribution is 0.447. The summed E-state index contributed by atoms with van der Waals surface area (Å²) < 4.78 is 0. The van der Waals surface area contributed by atoms with Crippen LogP contribution >= 0.6 is 0 Å². The van der Waals surface area contributed by atoms with Gasteiger partial charge in [-0.1, -0.05) is 33.1 Å². The lowest BCUT2D eigenvalue weighted by Crippen LogP contribution is -2.39. The topological polar surface area (TPSA) is 50.4 Å². The zero-order valence-corrected chi connectivity index (χ0v) is 11.0. The number of nitrogens with two attached hydrogens (primary N) is 1. The first-order chi connectivity index (χ1) is 7.61. The van der Waals surface area contributed by atoms with Crippen LogP contribution in [0.4, 0.5) is 0 Å². The van der Waals surface area contributed by atoms with Gasteiger partial charge >= 0.3 is 0 Å². The number of aliphatic imine (C=N–C) groups is 1. The van der Waals surface area contributed by atoms with Gasteiger partial charge < -0.3 is 11.1 Å². The van der Waals surface area contributed by atoms with Crippen LogP contribution in [0, 0.1) is 5.92 Å². The number of nitrogens with zero attached hydrogens (tertiary/aromatic N) is 1. The molecule has 2 unspecified atom stereocenters. The summed E-state index contributed by atoms with van der Waals surface area (Å²) in [6, 6.07) is 0.906. The van der Waals surface area contributed by atoms with Gasteiger partial charge in [0, 0.05) is 6.04 Å². The summed E-state index contributed by atoms with van der Waals surface area (Å²) in [6.07, 6.45) is 7.43. The molecule has 0 aromatic carbocycles. The van der Waals surface area contributed by atoms with Crippen LogP contribution in [-0.4, -0.2) is 18.0 Å². The maximum Gasteiger partial charge on any atom is 0.189 e. The van der Waals surface area contributed by atoms with Crippen molar-refractivity contribution in [1.29, 1.82) is 0 Å². The second-order valence-corrected chi connectivity index (χ2v) is 5.25. The lowest BCUT2D eigenvalue weighted by Gasteiger charge is -2.18. The molecule has 0 heterocycles. The number of rotatable bonds is 5. The van der Waals surface area contributed by atoms with E-state index >= 15 is 0 Å². The molecule has 1 rings (SSSR count). The highest BCUT2D eigenvalue weighted by molar-refractivity contribution is 5.78. The highest BCUT2D eigenvalue weighted by Gasteiger charge is 2.14. The fourth-order valence-electron chi connectivity index (χ4n) is 2.35. The Labute approximate surface area is 99.9 Å². The van der Waals surface area contributed by atoms with Gasteiger partial charge in [-0.3, -0.25) is 4.99 Å². The third-order valence-electron chi connectivity index (χ3n) is 3.49. The average Bonchev–Trinajstić information content (AvgIpc) is 2.69. The number of hydrogen-bond donors (Lipinski definition) is 2. The summed E-state index contributed by atoms with van der Waals surface area (Å²) in [5, 5.41) is 3.30. The van der Waals surface area contributed by atoms with Crippen molar-refractivity contribution in [3.8, 4) is 0 Å². The molecule has 1 fully saturated rings. The number of guanidine groups is 1. The van der Waals surface area contributed by atoms with E-state index in [4.69, 9.17) is 5.73 Å². The second kappa shape index (κ2) is 6.77. The molecule has 0 aromatic heterocycles. The third kappa shape index (κ3) is 4.86. The van der Waals surface area contributed by atoms with Gasteiger partial charge in [0.15, 0.2) is 5.96 Å². The summed E-state index contributed by atoms with van der Waals surface area (Å²) in [5.41, 5.74) is 5.91. The smallest absolute Gasteiger partial charge is 0.189 e. The van der Waals surface area contributed by atoms with Crippen molar-refractivity contribution in [2.24, 2.45) is 16.6 Å². The molecule has 0 saturated heterocycles. The zero-order chi connectivity index (χ0) is 12.0. The molecule has 1 aliphatic rings. The van der Waals surface area contributed by atoms with Gasteiger partial charge in [-0.25, -0.2) is 0 Å². The van der Waals surface area contributed by atoms with Gasteiger partial charge in [0.25, 0.3) is 0 Å². The van der Waals surface area contributed by atoms with E-state index in [2.05, 4.69) is 31.1 Å². The molecule has 3 nitrogen and oxygen atoms in total. The van der Waals surface area contributed by atoms with Crippen molar-refractivity contribution in [3.05, 3.63) is 0 Å². The summed E-state index contributed by atoms with van der Waals surface area (Å²) in [6.45, 7) is 6.69. The zero-order valence-electron chi connectivity index (χ0n) is 11.0. The summed E-state index contributed by atoms with van der Waals surface area (Å²) >= 11 is 0. The molecule has 0 amide bonds. The fraction of sp³-hybridized carbons (Fsp3) is 0.923. The van der Waals surface area contributed by atoms with E-state index in [-0.39, 0.29) is 0 Å². The standard InChI is InChI=1S/C13H27N3/c1-4-10(2)9-11(3)15-13(14)16-12-7-5-6-8-12/h10-12H,4-9H2,1-3H3,(H3,14,15,16). The Morgan fingerprint density at radius 3 is 2.56 bits per heavy atom. The molecule has 1 saturated carbocycles. The molecule has 0 aliphatic heterocycles. The van der Waals surface area contributed by atoms with Gasteiger partial charge in [-0.2, -0.15) is 0 Å². The van der Waals surface area contributed by atoms with Crippen LogP contribution in [0.2, 0.25) is 0 Å². The maximum atomic E-state index is 5.91. The van der Waals surface area contributed by atoms with Crippen LogP contribution < -0.4 is 11.1 Å². The number of hydrogen-bond acceptors (Lipinski definition) is 1. The first kappa shape index (κ1) is 13.3. The van der Waals surface area contributed by atoms with Crippen LogP contribution in [0.1, 0.15) is 59.3 Å². The van der Waals surface area contributed by atoms with Gasteiger partial charge in [0.2, 0.25) is 0 Å². The second-order valence-electron chi connectivity index (χ2n) is 5.25. The van der Waals surface area contributed by atoms with E-state index in [1.54, 1.807) is 0 Å². The fourth-order valence-corrected chi connectivity index (χ4v) is 2.35. The molecule has 0 radical (unpaired) electrons. The maximum absolute atomic E-state index is 5.91. The summed E-state index contributed by atoms with van der Waals surface area (Å²) in [4.78, 5) is 4.53. The first-order valence-corrected chi connectivity index (χ1v) is 6.71. The first-order valence-electron chi connectivity index (χ1n) is 6.71. The van der Waals surface area contributed by atoms with Crippen LogP contribution in [0.3, 0.4) is 0 Å². The SMILES string of the molecule is CCC(C)CC(C)NC(N)=NC1CCCC1. The third-order valence-corrected chi connectivity index (χ3v) is 3.49. The van der Waals surface area contributed by atoms with Gasteiger partial charge in [0.1, 0.15) is 0 Å². The van der Waals surface area contributed by atoms with Gasteiger partial charge in [0.05, 0.1) is 6.04 Å². The molecule has 3 heteroatoms. The normalized spacial score (nSPS) is 22.1. The predicted molar refractivity (Wildman–Crippen MR) is 70.5 cm³/mol.